The minimum absolute atomic E-state index is 0.0251. The van der Waals surface area contributed by atoms with Crippen molar-refractivity contribution in [2.45, 2.75) is 39.2 Å². The second-order valence-electron chi connectivity index (χ2n) is 4.85. The van der Waals surface area contributed by atoms with E-state index in [0.717, 1.165) is 12.8 Å². The number of carbonyl (C=O) groups is 2. The van der Waals surface area contributed by atoms with Crippen molar-refractivity contribution in [1.82, 2.24) is 10.2 Å². The highest BCUT2D eigenvalue weighted by molar-refractivity contribution is 5.90. The summed E-state index contributed by atoms with van der Waals surface area (Å²) in [7, 11) is 1.65. The zero-order valence-corrected chi connectivity index (χ0v) is 11.6. The molecule has 2 amide bonds. The van der Waals surface area contributed by atoms with Crippen molar-refractivity contribution in [3.8, 4) is 0 Å². The Morgan fingerprint density at radius 3 is 2.83 bits per heavy atom. The van der Waals surface area contributed by atoms with Crippen molar-refractivity contribution < 1.29 is 14.3 Å². The lowest BCUT2D eigenvalue weighted by atomic mass is 9.98. The van der Waals surface area contributed by atoms with Gasteiger partial charge in [-0.05, 0) is 12.3 Å². The van der Waals surface area contributed by atoms with Crippen LogP contribution in [0.25, 0.3) is 0 Å². The van der Waals surface area contributed by atoms with E-state index in [2.05, 4.69) is 5.32 Å². The van der Waals surface area contributed by atoms with E-state index in [0.29, 0.717) is 26.1 Å². The molecule has 1 rings (SSSR count). The highest BCUT2D eigenvalue weighted by Crippen LogP contribution is 2.14. The van der Waals surface area contributed by atoms with Gasteiger partial charge in [0, 0.05) is 33.2 Å². The Labute approximate surface area is 109 Å². The van der Waals surface area contributed by atoms with Crippen molar-refractivity contribution in [3.05, 3.63) is 0 Å². The zero-order chi connectivity index (χ0) is 13.5. The van der Waals surface area contributed by atoms with Crippen molar-refractivity contribution in [3.63, 3.8) is 0 Å². The van der Waals surface area contributed by atoms with E-state index in [1.807, 2.05) is 13.8 Å². The maximum Gasteiger partial charge on any atom is 0.245 e. The van der Waals surface area contributed by atoms with E-state index >= 15 is 0 Å². The van der Waals surface area contributed by atoms with E-state index in [1.165, 1.54) is 0 Å². The van der Waals surface area contributed by atoms with Crippen LogP contribution < -0.4 is 5.32 Å². The number of hydrogen-bond donors (Lipinski definition) is 1. The molecule has 0 bridgehead atoms. The summed E-state index contributed by atoms with van der Waals surface area (Å²) in [6.07, 6.45) is 2.08. The van der Waals surface area contributed by atoms with Crippen LogP contribution in [0.4, 0.5) is 0 Å². The topological polar surface area (TPSA) is 58.6 Å². The SMILES string of the molecule is CCC(C)C1NC(=O)CCN(CCCOC)C1=O. The fourth-order valence-electron chi connectivity index (χ4n) is 2.09. The van der Waals surface area contributed by atoms with Gasteiger partial charge >= 0.3 is 0 Å². The van der Waals surface area contributed by atoms with Gasteiger partial charge in [0.15, 0.2) is 0 Å². The van der Waals surface area contributed by atoms with Gasteiger partial charge in [0.05, 0.1) is 0 Å². The number of nitrogens with zero attached hydrogens (tertiary/aromatic N) is 1. The van der Waals surface area contributed by atoms with Crippen molar-refractivity contribution in [2.24, 2.45) is 5.92 Å². The molecule has 0 aliphatic carbocycles. The van der Waals surface area contributed by atoms with Crippen LogP contribution in [0.15, 0.2) is 0 Å². The van der Waals surface area contributed by atoms with E-state index in [9.17, 15) is 9.59 Å². The molecule has 0 radical (unpaired) electrons. The molecule has 5 nitrogen and oxygen atoms in total. The Kier molecular flexibility index (Phi) is 6.12. The highest BCUT2D eigenvalue weighted by Gasteiger charge is 2.32. The van der Waals surface area contributed by atoms with Crippen LogP contribution in [-0.4, -0.2) is 49.6 Å². The lowest BCUT2D eigenvalue weighted by Crippen LogP contribution is -2.48. The Balaban J connectivity index is 2.67. The normalized spacial score (nSPS) is 22.6. The number of nitrogens with one attached hydrogen (secondary N) is 1. The lowest BCUT2D eigenvalue weighted by molar-refractivity contribution is -0.135. The van der Waals surface area contributed by atoms with Gasteiger partial charge in [0.25, 0.3) is 0 Å². The molecule has 1 N–H and O–H groups in total. The van der Waals surface area contributed by atoms with Crippen LogP contribution in [0.1, 0.15) is 33.1 Å². The van der Waals surface area contributed by atoms with Crippen LogP contribution in [-0.2, 0) is 14.3 Å². The van der Waals surface area contributed by atoms with Gasteiger partial charge in [-0.3, -0.25) is 9.59 Å². The Morgan fingerprint density at radius 2 is 2.22 bits per heavy atom. The first kappa shape index (κ1) is 15.0. The first-order chi connectivity index (χ1) is 8.60. The molecule has 1 heterocycles. The Morgan fingerprint density at radius 1 is 1.50 bits per heavy atom. The standard InChI is InChI=1S/C13H24N2O3/c1-4-10(2)12-13(17)15(7-5-9-18-3)8-6-11(16)14-12/h10,12H,4-9H2,1-3H3,(H,14,16). The van der Waals surface area contributed by atoms with E-state index in [1.54, 1.807) is 12.0 Å². The molecular weight excluding hydrogens is 232 g/mol. The van der Waals surface area contributed by atoms with Gasteiger partial charge in [-0.15, -0.1) is 0 Å². The number of hydrogen-bond acceptors (Lipinski definition) is 3. The van der Waals surface area contributed by atoms with E-state index in [4.69, 9.17) is 4.74 Å². The third-order valence-corrected chi connectivity index (χ3v) is 3.49. The predicted molar refractivity (Wildman–Crippen MR) is 69.1 cm³/mol. The maximum absolute atomic E-state index is 12.4. The summed E-state index contributed by atoms with van der Waals surface area (Å²) in [5.41, 5.74) is 0. The number of amides is 2. The third kappa shape index (κ3) is 3.98. The smallest absolute Gasteiger partial charge is 0.245 e. The fourth-order valence-corrected chi connectivity index (χ4v) is 2.09. The van der Waals surface area contributed by atoms with Crippen molar-refractivity contribution >= 4 is 11.8 Å². The molecule has 1 saturated heterocycles. The number of rotatable bonds is 6. The average Bonchev–Trinajstić information content (AvgIpc) is 2.50. The van der Waals surface area contributed by atoms with E-state index in [-0.39, 0.29) is 23.8 Å². The highest BCUT2D eigenvalue weighted by atomic mass is 16.5. The Hall–Kier alpha value is -1.10. The number of methoxy groups -OCH3 is 1. The predicted octanol–water partition coefficient (Wildman–Crippen LogP) is 0.786. The number of ether oxygens (including phenoxy) is 1. The van der Waals surface area contributed by atoms with E-state index < -0.39 is 0 Å². The molecular formula is C13H24N2O3. The molecule has 18 heavy (non-hydrogen) atoms. The van der Waals surface area contributed by atoms with Crippen LogP contribution in [0.2, 0.25) is 0 Å². The Bertz CT molecular complexity index is 294. The zero-order valence-electron chi connectivity index (χ0n) is 11.6. The van der Waals surface area contributed by atoms with Crippen LogP contribution in [0.3, 0.4) is 0 Å². The summed E-state index contributed by atoms with van der Waals surface area (Å²) in [5.74, 6) is 0.193. The maximum atomic E-state index is 12.4. The molecule has 1 fully saturated rings. The third-order valence-electron chi connectivity index (χ3n) is 3.49. The monoisotopic (exact) mass is 256 g/mol. The molecule has 1 aliphatic rings. The van der Waals surface area contributed by atoms with Crippen LogP contribution in [0, 0.1) is 5.92 Å². The van der Waals surface area contributed by atoms with Gasteiger partial charge in [-0.1, -0.05) is 20.3 Å². The number of carbonyl (C=O) groups excluding carboxylic acids is 2. The molecule has 0 aromatic carbocycles. The summed E-state index contributed by atoms with van der Waals surface area (Å²) in [6, 6.07) is -0.368. The van der Waals surface area contributed by atoms with Crippen LogP contribution in [0.5, 0.6) is 0 Å². The fraction of sp³-hybridized carbons (Fsp3) is 0.846. The molecule has 0 aromatic rings. The molecule has 0 saturated carbocycles. The van der Waals surface area contributed by atoms with Gasteiger partial charge in [-0.25, -0.2) is 0 Å². The molecule has 0 spiro atoms. The molecule has 5 heteroatoms. The van der Waals surface area contributed by atoms with Crippen molar-refractivity contribution in [2.75, 3.05) is 26.8 Å². The molecule has 104 valence electrons. The van der Waals surface area contributed by atoms with Crippen LogP contribution >= 0.6 is 0 Å². The quantitative estimate of drug-likeness (QED) is 0.715. The largest absolute Gasteiger partial charge is 0.385 e. The molecule has 0 aromatic heterocycles. The lowest BCUT2D eigenvalue weighted by Gasteiger charge is -2.27. The minimum atomic E-state index is -0.368. The molecule has 2 atom stereocenters. The first-order valence-corrected chi connectivity index (χ1v) is 6.67. The minimum Gasteiger partial charge on any atom is -0.385 e. The second-order valence-corrected chi connectivity index (χ2v) is 4.85. The van der Waals surface area contributed by atoms with Gasteiger partial charge in [0.1, 0.15) is 6.04 Å². The first-order valence-electron chi connectivity index (χ1n) is 6.67. The van der Waals surface area contributed by atoms with Gasteiger partial charge in [-0.2, -0.15) is 0 Å². The van der Waals surface area contributed by atoms with Gasteiger partial charge in [0.2, 0.25) is 11.8 Å². The second kappa shape index (κ2) is 7.36. The molecule has 1 aliphatic heterocycles. The summed E-state index contributed by atoms with van der Waals surface area (Å²) >= 11 is 0. The van der Waals surface area contributed by atoms with Gasteiger partial charge < -0.3 is 15.0 Å². The van der Waals surface area contributed by atoms with Crippen molar-refractivity contribution in [1.29, 1.82) is 0 Å². The summed E-state index contributed by atoms with van der Waals surface area (Å²) in [4.78, 5) is 25.8. The summed E-state index contributed by atoms with van der Waals surface area (Å²) in [6.45, 7) is 5.85. The summed E-state index contributed by atoms with van der Waals surface area (Å²) in [5, 5.41) is 2.84. The molecule has 2 unspecified atom stereocenters. The average molecular weight is 256 g/mol. The summed E-state index contributed by atoms with van der Waals surface area (Å²) < 4.78 is 5.00.